The number of esters is 3. The number of unbranched alkanes of at least 4 members (excludes halogenated alkanes) is 20. The van der Waals surface area contributed by atoms with Gasteiger partial charge in [-0.25, -0.2) is 0 Å². The molecule has 1 unspecified atom stereocenters. The van der Waals surface area contributed by atoms with E-state index < -0.39 is 6.10 Å². The van der Waals surface area contributed by atoms with Gasteiger partial charge in [-0.15, -0.1) is 0 Å². The summed E-state index contributed by atoms with van der Waals surface area (Å²) in [6, 6.07) is 0. The second kappa shape index (κ2) is 52.9. The first-order valence-electron chi connectivity index (χ1n) is 26.7. The Morgan fingerprint density at radius 3 is 1.02 bits per heavy atom. The predicted octanol–water partition coefficient (Wildman–Crippen LogP) is 17.8. The van der Waals surface area contributed by atoms with Crippen molar-refractivity contribution >= 4 is 17.9 Å². The summed E-state index contributed by atoms with van der Waals surface area (Å²) < 4.78 is 16.7. The molecular formula is C59H98O6. The standard InChI is InChI=1S/C59H98O6/c1-4-7-10-13-16-19-22-24-26-28-29-31-32-34-37-40-43-46-49-52-58(61)64-55-56(54-63-57(60)51-48-45-42-39-36-21-18-15-12-9-6-3)65-59(62)53-50-47-44-41-38-35-33-30-27-25-23-20-17-14-11-8-5-2/h7,10,16-17,19-20,24-27,29,31,33,35,41,44,56H,4-6,8-9,11-15,18,21-23,28,30,32,34,36-40,42-43,45-55H2,1-3H3/b10-7-,19-16-,20-17-,26-24-,27-25-,31-29-,35-33-,44-41-. The van der Waals surface area contributed by atoms with Gasteiger partial charge >= 0.3 is 17.9 Å². The van der Waals surface area contributed by atoms with Crippen LogP contribution in [0.2, 0.25) is 0 Å². The van der Waals surface area contributed by atoms with Crippen LogP contribution in [0.5, 0.6) is 0 Å². The molecule has 0 aliphatic rings. The summed E-state index contributed by atoms with van der Waals surface area (Å²) in [5.74, 6) is -0.976. The molecule has 0 radical (unpaired) electrons. The molecule has 0 aliphatic heterocycles. The summed E-state index contributed by atoms with van der Waals surface area (Å²) in [5, 5.41) is 0. The van der Waals surface area contributed by atoms with Crippen LogP contribution < -0.4 is 0 Å². The Morgan fingerprint density at radius 2 is 0.615 bits per heavy atom. The molecule has 0 amide bonds. The van der Waals surface area contributed by atoms with Crippen LogP contribution in [0.4, 0.5) is 0 Å². The molecule has 0 bridgehead atoms. The second-order valence-corrected chi connectivity index (χ2v) is 17.4. The molecule has 0 spiro atoms. The van der Waals surface area contributed by atoms with Gasteiger partial charge < -0.3 is 14.2 Å². The Balaban J connectivity index is 4.48. The molecule has 6 heteroatoms. The van der Waals surface area contributed by atoms with E-state index in [0.29, 0.717) is 19.3 Å². The maximum atomic E-state index is 12.8. The van der Waals surface area contributed by atoms with Gasteiger partial charge in [0.05, 0.1) is 0 Å². The maximum Gasteiger partial charge on any atom is 0.306 e. The smallest absolute Gasteiger partial charge is 0.306 e. The van der Waals surface area contributed by atoms with Gasteiger partial charge in [-0.1, -0.05) is 221 Å². The van der Waals surface area contributed by atoms with Crippen molar-refractivity contribution < 1.29 is 28.6 Å². The Hall–Kier alpha value is -3.67. The lowest BCUT2D eigenvalue weighted by atomic mass is 10.1. The van der Waals surface area contributed by atoms with Gasteiger partial charge in [0.15, 0.2) is 6.10 Å². The van der Waals surface area contributed by atoms with Crippen LogP contribution in [0.1, 0.15) is 239 Å². The van der Waals surface area contributed by atoms with Crippen molar-refractivity contribution in [3.8, 4) is 0 Å². The lowest BCUT2D eigenvalue weighted by Crippen LogP contribution is -2.30. The van der Waals surface area contributed by atoms with E-state index in [4.69, 9.17) is 14.2 Å². The lowest BCUT2D eigenvalue weighted by molar-refractivity contribution is -0.167. The molecule has 0 fully saturated rings. The fourth-order valence-electron chi connectivity index (χ4n) is 7.07. The van der Waals surface area contributed by atoms with E-state index in [1.165, 1.54) is 89.9 Å². The van der Waals surface area contributed by atoms with Crippen molar-refractivity contribution in [2.24, 2.45) is 0 Å². The van der Waals surface area contributed by atoms with Gasteiger partial charge in [-0.2, -0.15) is 0 Å². The zero-order chi connectivity index (χ0) is 47.2. The second-order valence-electron chi connectivity index (χ2n) is 17.4. The van der Waals surface area contributed by atoms with Gasteiger partial charge in [0.25, 0.3) is 0 Å². The lowest BCUT2D eigenvalue weighted by Gasteiger charge is -2.18. The van der Waals surface area contributed by atoms with E-state index in [1.807, 2.05) is 0 Å². The minimum absolute atomic E-state index is 0.103. The van der Waals surface area contributed by atoms with Crippen molar-refractivity contribution in [2.45, 2.75) is 245 Å². The van der Waals surface area contributed by atoms with Gasteiger partial charge in [-0.05, 0) is 96.3 Å². The molecule has 6 nitrogen and oxygen atoms in total. The van der Waals surface area contributed by atoms with E-state index in [1.54, 1.807) is 0 Å². The third-order valence-electron chi connectivity index (χ3n) is 11.1. The monoisotopic (exact) mass is 903 g/mol. The van der Waals surface area contributed by atoms with Crippen molar-refractivity contribution in [2.75, 3.05) is 13.2 Å². The molecule has 1 atom stereocenters. The minimum Gasteiger partial charge on any atom is -0.462 e. The molecule has 0 rings (SSSR count). The van der Waals surface area contributed by atoms with E-state index in [-0.39, 0.29) is 37.5 Å². The van der Waals surface area contributed by atoms with Crippen LogP contribution in [0.3, 0.4) is 0 Å². The molecule has 0 N–H and O–H groups in total. The molecule has 370 valence electrons. The fourth-order valence-corrected chi connectivity index (χ4v) is 7.07. The highest BCUT2D eigenvalue weighted by Crippen LogP contribution is 2.14. The van der Waals surface area contributed by atoms with Crippen molar-refractivity contribution in [3.63, 3.8) is 0 Å². The topological polar surface area (TPSA) is 78.9 Å². The molecule has 0 saturated carbocycles. The summed E-state index contributed by atoms with van der Waals surface area (Å²) in [4.78, 5) is 38.0. The van der Waals surface area contributed by atoms with Crippen LogP contribution in [0.25, 0.3) is 0 Å². The zero-order valence-electron chi connectivity index (χ0n) is 42.2. The highest BCUT2D eigenvalue weighted by Gasteiger charge is 2.19. The van der Waals surface area contributed by atoms with E-state index in [0.717, 1.165) is 103 Å². The molecule has 0 aromatic carbocycles. The number of carbonyl (C=O) groups excluding carboxylic acids is 3. The first kappa shape index (κ1) is 61.3. The van der Waals surface area contributed by atoms with Gasteiger partial charge in [0, 0.05) is 19.3 Å². The number of hydrogen-bond acceptors (Lipinski definition) is 6. The number of rotatable bonds is 47. The van der Waals surface area contributed by atoms with Crippen LogP contribution in [-0.4, -0.2) is 37.2 Å². The van der Waals surface area contributed by atoms with Gasteiger partial charge in [-0.3, -0.25) is 14.4 Å². The molecule has 0 saturated heterocycles. The molecule has 0 aliphatic carbocycles. The molecule has 65 heavy (non-hydrogen) atoms. The van der Waals surface area contributed by atoms with Gasteiger partial charge in [0.2, 0.25) is 0 Å². The molecule has 0 heterocycles. The summed E-state index contributed by atoms with van der Waals surface area (Å²) in [6.07, 6.45) is 69.6. The van der Waals surface area contributed by atoms with Gasteiger partial charge in [0.1, 0.15) is 13.2 Å². The summed E-state index contributed by atoms with van der Waals surface area (Å²) >= 11 is 0. The quantitative estimate of drug-likeness (QED) is 0.0262. The Kier molecular flexibility index (Phi) is 50.0. The van der Waals surface area contributed by atoms with E-state index >= 15 is 0 Å². The number of carbonyl (C=O) groups is 3. The Bertz CT molecular complexity index is 1310. The highest BCUT2D eigenvalue weighted by atomic mass is 16.6. The van der Waals surface area contributed by atoms with Crippen molar-refractivity contribution in [3.05, 3.63) is 97.2 Å². The van der Waals surface area contributed by atoms with E-state index in [2.05, 4.69) is 118 Å². The first-order chi connectivity index (χ1) is 32.0. The third-order valence-corrected chi connectivity index (χ3v) is 11.1. The average molecular weight is 903 g/mol. The maximum absolute atomic E-state index is 12.8. The normalized spacial score (nSPS) is 12.8. The Labute approximate surface area is 400 Å². The van der Waals surface area contributed by atoms with Crippen molar-refractivity contribution in [1.29, 1.82) is 0 Å². The largest absolute Gasteiger partial charge is 0.462 e. The van der Waals surface area contributed by atoms with E-state index in [9.17, 15) is 14.4 Å². The zero-order valence-corrected chi connectivity index (χ0v) is 42.2. The van der Waals surface area contributed by atoms with Crippen LogP contribution in [0, 0.1) is 0 Å². The third kappa shape index (κ3) is 51.2. The highest BCUT2D eigenvalue weighted by molar-refractivity contribution is 5.71. The predicted molar refractivity (Wildman–Crippen MR) is 279 cm³/mol. The summed E-state index contributed by atoms with van der Waals surface area (Å²) in [6.45, 7) is 6.43. The number of hydrogen-bond donors (Lipinski definition) is 0. The molecular weight excluding hydrogens is 805 g/mol. The van der Waals surface area contributed by atoms with Crippen LogP contribution in [-0.2, 0) is 28.6 Å². The SMILES string of the molecule is CC/C=C\C/C=C\C/C=C\C/C=C\CCCCCCCCC(=O)OCC(COC(=O)CCCCCCCCCCCCC)OC(=O)CCC/C=C\C/C=C\C/C=C\C/C=C\CCCCC. The average Bonchev–Trinajstić information content (AvgIpc) is 3.30. The molecule has 0 aromatic heterocycles. The summed E-state index contributed by atoms with van der Waals surface area (Å²) in [5.41, 5.74) is 0. The Morgan fingerprint density at radius 1 is 0.323 bits per heavy atom. The number of ether oxygens (including phenoxy) is 3. The molecule has 0 aromatic rings. The summed E-state index contributed by atoms with van der Waals surface area (Å²) in [7, 11) is 0. The van der Waals surface area contributed by atoms with Crippen molar-refractivity contribution in [1.82, 2.24) is 0 Å². The number of allylic oxidation sites excluding steroid dienone is 16. The minimum atomic E-state index is -0.811. The van der Waals surface area contributed by atoms with Crippen LogP contribution >= 0.6 is 0 Å². The fraction of sp³-hybridized carbons (Fsp3) is 0.678. The van der Waals surface area contributed by atoms with Crippen LogP contribution in [0.15, 0.2) is 97.2 Å². The first-order valence-corrected chi connectivity index (χ1v) is 26.7.